The lowest BCUT2D eigenvalue weighted by molar-refractivity contribution is -0.133. The number of aromatic nitrogens is 2. The van der Waals surface area contributed by atoms with Gasteiger partial charge in [0.05, 0.1) is 43.1 Å². The molecule has 1 aliphatic heterocycles. The van der Waals surface area contributed by atoms with Crippen molar-refractivity contribution in [2.24, 2.45) is 0 Å². The normalized spacial score (nSPS) is 15.6. The molecular formula is C13H14FN3O3S. The Morgan fingerprint density at radius 3 is 2.90 bits per heavy atom. The summed E-state index contributed by atoms with van der Waals surface area (Å²) in [4.78, 5) is 15.2. The molecule has 6 nitrogen and oxygen atoms in total. The number of thioether (sulfide) groups is 1. The van der Waals surface area contributed by atoms with Crippen molar-refractivity contribution >= 4 is 28.8 Å². The second-order valence-corrected chi connectivity index (χ2v) is 5.53. The smallest absolute Gasteiger partial charge is 0.313 e. The molecule has 0 atom stereocenters. The summed E-state index contributed by atoms with van der Waals surface area (Å²) in [6.07, 6.45) is 0. The molecule has 2 aromatic rings. The van der Waals surface area contributed by atoms with Gasteiger partial charge >= 0.3 is 5.97 Å². The number of carboxylic acid groups (broad SMARTS) is 1. The lowest BCUT2D eigenvalue weighted by atomic mass is 10.3. The summed E-state index contributed by atoms with van der Waals surface area (Å²) in [5.74, 6) is -1.34. The first-order valence-corrected chi connectivity index (χ1v) is 7.49. The van der Waals surface area contributed by atoms with Crippen molar-refractivity contribution < 1.29 is 19.0 Å². The Morgan fingerprint density at radius 2 is 2.19 bits per heavy atom. The first kappa shape index (κ1) is 14.2. The Morgan fingerprint density at radius 1 is 1.43 bits per heavy atom. The highest BCUT2D eigenvalue weighted by Crippen LogP contribution is 2.25. The van der Waals surface area contributed by atoms with Crippen LogP contribution in [0.4, 0.5) is 4.39 Å². The molecule has 1 saturated heterocycles. The van der Waals surface area contributed by atoms with Crippen molar-refractivity contribution in [3.05, 3.63) is 24.0 Å². The van der Waals surface area contributed by atoms with Gasteiger partial charge in [0.15, 0.2) is 5.16 Å². The minimum absolute atomic E-state index is 0.0872. The molecule has 1 aromatic carbocycles. The number of imidazole rings is 1. The van der Waals surface area contributed by atoms with E-state index < -0.39 is 5.97 Å². The van der Waals surface area contributed by atoms with E-state index in [-0.39, 0.29) is 11.6 Å². The van der Waals surface area contributed by atoms with Crippen molar-refractivity contribution in [3.63, 3.8) is 0 Å². The van der Waals surface area contributed by atoms with Crippen molar-refractivity contribution in [1.29, 1.82) is 0 Å². The fraction of sp³-hybridized carbons (Fsp3) is 0.385. The summed E-state index contributed by atoms with van der Waals surface area (Å²) in [5, 5.41) is 11.4. The molecule has 1 fully saturated rings. The van der Waals surface area contributed by atoms with Gasteiger partial charge in [0.2, 0.25) is 0 Å². The number of hydrogen-bond donors (Lipinski definition) is 1. The van der Waals surface area contributed by atoms with E-state index in [0.717, 1.165) is 11.8 Å². The van der Waals surface area contributed by atoms with Gasteiger partial charge in [-0.05, 0) is 12.1 Å². The number of carbonyl (C=O) groups is 1. The van der Waals surface area contributed by atoms with Crippen LogP contribution >= 0.6 is 11.8 Å². The maximum absolute atomic E-state index is 13.5. The van der Waals surface area contributed by atoms with E-state index in [1.807, 2.05) is 5.01 Å². The molecule has 21 heavy (non-hydrogen) atoms. The zero-order valence-corrected chi connectivity index (χ0v) is 12.0. The molecule has 0 spiro atoms. The predicted molar refractivity (Wildman–Crippen MR) is 76.8 cm³/mol. The third-order valence-corrected chi connectivity index (χ3v) is 4.07. The van der Waals surface area contributed by atoms with Crippen LogP contribution in [0.3, 0.4) is 0 Å². The van der Waals surface area contributed by atoms with Gasteiger partial charge in [0.25, 0.3) is 0 Å². The predicted octanol–water partition coefficient (Wildman–Crippen LogP) is 1.32. The average molecular weight is 311 g/mol. The molecule has 1 aliphatic rings. The number of aliphatic carboxylic acids is 1. The topological polar surface area (TPSA) is 67.6 Å². The second kappa shape index (κ2) is 5.90. The molecule has 3 rings (SSSR count). The monoisotopic (exact) mass is 311 g/mol. The summed E-state index contributed by atoms with van der Waals surface area (Å²) in [6, 6.07) is 4.37. The number of rotatable bonds is 4. The standard InChI is InChI=1S/C13H14FN3O3S/c14-9-1-2-10-11(7-9)17(16-3-5-20-6-4-16)13(15-10)21-8-12(18)19/h1-2,7H,3-6,8H2,(H,18,19). The van der Waals surface area contributed by atoms with Gasteiger partial charge in [0.1, 0.15) is 5.82 Å². The number of ether oxygens (including phenoxy) is 1. The van der Waals surface area contributed by atoms with Crippen molar-refractivity contribution in [2.45, 2.75) is 5.16 Å². The molecule has 1 N–H and O–H groups in total. The van der Waals surface area contributed by atoms with Gasteiger partial charge in [0, 0.05) is 6.07 Å². The van der Waals surface area contributed by atoms with Crippen LogP contribution in [0.15, 0.2) is 23.4 Å². The SMILES string of the molecule is O=C(O)CSc1nc2ccc(F)cc2n1N1CCOCC1. The summed E-state index contributed by atoms with van der Waals surface area (Å²) >= 11 is 1.13. The number of fused-ring (bicyclic) bond motifs is 1. The van der Waals surface area contributed by atoms with Crippen LogP contribution in [0.1, 0.15) is 0 Å². The van der Waals surface area contributed by atoms with E-state index >= 15 is 0 Å². The Bertz CT molecular complexity index is 670. The van der Waals surface area contributed by atoms with Crippen LogP contribution in [0.5, 0.6) is 0 Å². The molecule has 0 aliphatic carbocycles. The Labute approximate surface area is 124 Å². The van der Waals surface area contributed by atoms with Crippen molar-refractivity contribution in [2.75, 3.05) is 37.1 Å². The lowest BCUT2D eigenvalue weighted by Crippen LogP contribution is -2.44. The fourth-order valence-electron chi connectivity index (χ4n) is 2.26. The molecule has 2 heterocycles. The molecule has 1 aromatic heterocycles. The summed E-state index contributed by atoms with van der Waals surface area (Å²) < 4.78 is 20.6. The van der Waals surface area contributed by atoms with Crippen LogP contribution in [0.25, 0.3) is 11.0 Å². The van der Waals surface area contributed by atoms with Gasteiger partial charge in [-0.25, -0.2) is 14.1 Å². The van der Waals surface area contributed by atoms with Gasteiger partial charge in [-0.3, -0.25) is 4.79 Å². The number of benzene rings is 1. The number of halogens is 1. The summed E-state index contributed by atoms with van der Waals surface area (Å²) in [5.41, 5.74) is 1.29. The zero-order valence-electron chi connectivity index (χ0n) is 11.2. The van der Waals surface area contributed by atoms with E-state index in [2.05, 4.69) is 4.98 Å². The van der Waals surface area contributed by atoms with Crippen molar-refractivity contribution in [1.82, 2.24) is 9.66 Å². The highest BCUT2D eigenvalue weighted by molar-refractivity contribution is 7.99. The van der Waals surface area contributed by atoms with E-state index in [1.54, 1.807) is 10.7 Å². The van der Waals surface area contributed by atoms with E-state index in [9.17, 15) is 9.18 Å². The Kier molecular flexibility index (Phi) is 3.98. The van der Waals surface area contributed by atoms with Gasteiger partial charge in [-0.15, -0.1) is 0 Å². The quantitative estimate of drug-likeness (QED) is 0.859. The zero-order chi connectivity index (χ0) is 14.8. The van der Waals surface area contributed by atoms with Gasteiger partial charge in [-0.1, -0.05) is 11.8 Å². The molecule has 0 unspecified atom stereocenters. The summed E-state index contributed by atoms with van der Waals surface area (Å²) in [6.45, 7) is 2.47. The highest BCUT2D eigenvalue weighted by Gasteiger charge is 2.20. The van der Waals surface area contributed by atoms with Crippen LogP contribution in [-0.2, 0) is 9.53 Å². The molecule has 0 saturated carbocycles. The number of hydrogen-bond acceptors (Lipinski definition) is 5. The van der Waals surface area contributed by atoms with Crippen LogP contribution in [0, 0.1) is 5.82 Å². The van der Waals surface area contributed by atoms with Gasteiger partial charge in [-0.2, -0.15) is 0 Å². The second-order valence-electron chi connectivity index (χ2n) is 4.59. The lowest BCUT2D eigenvalue weighted by Gasteiger charge is -2.31. The maximum atomic E-state index is 13.5. The van der Waals surface area contributed by atoms with Crippen LogP contribution in [-0.4, -0.2) is 52.8 Å². The molecule has 8 heteroatoms. The minimum Gasteiger partial charge on any atom is -0.481 e. The number of carboxylic acids is 1. The Balaban J connectivity index is 2.04. The van der Waals surface area contributed by atoms with Crippen LogP contribution in [0.2, 0.25) is 0 Å². The Hall–Kier alpha value is -1.80. The van der Waals surface area contributed by atoms with Crippen LogP contribution < -0.4 is 5.01 Å². The largest absolute Gasteiger partial charge is 0.481 e. The van der Waals surface area contributed by atoms with E-state index in [4.69, 9.17) is 9.84 Å². The molecule has 0 radical (unpaired) electrons. The molecule has 0 amide bonds. The van der Waals surface area contributed by atoms with E-state index in [0.29, 0.717) is 42.5 Å². The molecular weight excluding hydrogens is 297 g/mol. The first-order chi connectivity index (χ1) is 10.1. The van der Waals surface area contributed by atoms with Crippen molar-refractivity contribution in [3.8, 4) is 0 Å². The first-order valence-electron chi connectivity index (χ1n) is 6.51. The highest BCUT2D eigenvalue weighted by atomic mass is 32.2. The fourth-order valence-corrected chi connectivity index (χ4v) is 3.01. The molecule has 0 bridgehead atoms. The van der Waals surface area contributed by atoms with E-state index in [1.165, 1.54) is 12.1 Å². The van der Waals surface area contributed by atoms with Gasteiger partial charge < -0.3 is 14.9 Å². The summed E-state index contributed by atoms with van der Waals surface area (Å²) in [7, 11) is 0. The number of morpholine rings is 1. The third kappa shape index (κ3) is 2.96. The average Bonchev–Trinajstić information content (AvgIpc) is 2.83. The molecule has 112 valence electrons. The minimum atomic E-state index is -0.910. The number of nitrogens with zero attached hydrogens (tertiary/aromatic N) is 3. The third-order valence-electron chi connectivity index (χ3n) is 3.16. The maximum Gasteiger partial charge on any atom is 0.313 e.